The Kier molecular flexibility index (Phi) is 6.34. The summed E-state index contributed by atoms with van der Waals surface area (Å²) < 4.78 is 0. The normalized spacial score (nSPS) is 9.26. The summed E-state index contributed by atoms with van der Waals surface area (Å²) in [5.41, 5.74) is 3.74. The van der Waals surface area contributed by atoms with Gasteiger partial charge in [0.2, 0.25) is 24.3 Å². The highest BCUT2D eigenvalue weighted by Crippen LogP contribution is 2.37. The van der Waals surface area contributed by atoms with Crippen LogP contribution in [0, 0.1) is 13.8 Å². The van der Waals surface area contributed by atoms with E-state index in [1.165, 1.54) is 48.6 Å². The summed E-state index contributed by atoms with van der Waals surface area (Å²) >= 11 is 0. The first kappa shape index (κ1) is 19.3. The van der Waals surface area contributed by atoms with Gasteiger partial charge in [-0.05, 0) is 60.4 Å². The number of hydrogen-bond donors (Lipinski definition) is 0. The Balaban J connectivity index is 2.78. The van der Waals surface area contributed by atoms with Crippen LogP contribution >= 0.6 is 0 Å². The number of benzene rings is 2. The van der Waals surface area contributed by atoms with Crippen LogP contribution in [0.5, 0.6) is 0 Å². The quantitative estimate of drug-likeness (QED) is 0.575. The molecule has 0 aliphatic carbocycles. The maximum atomic E-state index is 10.8. The summed E-state index contributed by atoms with van der Waals surface area (Å²) in [5.74, 6) is 0. The zero-order valence-corrected chi connectivity index (χ0v) is 14.4. The Hall–Kier alpha value is -4.04. The van der Waals surface area contributed by atoms with Crippen LogP contribution in [0.2, 0.25) is 0 Å². The molecule has 0 bridgehead atoms. The van der Waals surface area contributed by atoms with Crippen molar-refractivity contribution in [3.05, 3.63) is 46.5 Å². The molecule has 0 N–H and O–H groups in total. The molecule has 8 heteroatoms. The van der Waals surface area contributed by atoms with Crippen LogP contribution in [0.15, 0.2) is 44.2 Å². The fourth-order valence-electron chi connectivity index (χ4n) is 2.73. The fourth-order valence-corrected chi connectivity index (χ4v) is 2.73. The van der Waals surface area contributed by atoms with E-state index in [-0.39, 0.29) is 6.42 Å². The lowest BCUT2D eigenvalue weighted by molar-refractivity contribution is 0.564. The monoisotopic (exact) mass is 360 g/mol. The van der Waals surface area contributed by atoms with Crippen molar-refractivity contribution >= 4 is 47.1 Å². The van der Waals surface area contributed by atoms with Crippen molar-refractivity contribution in [2.45, 2.75) is 20.3 Å². The summed E-state index contributed by atoms with van der Waals surface area (Å²) in [6.45, 7) is 3.42. The predicted octanol–water partition coefficient (Wildman–Crippen LogP) is 3.76. The van der Waals surface area contributed by atoms with E-state index in [4.69, 9.17) is 0 Å². The minimum Gasteiger partial charge on any atom is -0.211 e. The lowest BCUT2D eigenvalue weighted by atomic mass is 9.93. The van der Waals surface area contributed by atoms with Crippen molar-refractivity contribution in [1.82, 2.24) is 0 Å². The first-order valence-electron chi connectivity index (χ1n) is 7.63. The number of carbonyl (C=O) groups excluding carboxylic acids is 4. The molecule has 0 unspecified atom stereocenters. The fraction of sp³-hybridized carbons (Fsp3) is 0.158. The summed E-state index contributed by atoms with van der Waals surface area (Å²) in [5, 5.41) is 0. The van der Waals surface area contributed by atoms with E-state index < -0.39 is 0 Å². The predicted molar refractivity (Wildman–Crippen MR) is 96.3 cm³/mol. The minimum absolute atomic E-state index is 0.184. The van der Waals surface area contributed by atoms with Crippen molar-refractivity contribution in [2.24, 2.45) is 20.0 Å². The third kappa shape index (κ3) is 4.14. The summed E-state index contributed by atoms with van der Waals surface area (Å²) in [6, 6.07) is 6.11. The highest BCUT2D eigenvalue weighted by atomic mass is 16.1. The molecule has 0 aliphatic heterocycles. The summed E-state index contributed by atoms with van der Waals surface area (Å²) in [7, 11) is 0. The number of aliphatic imine (C=N–C) groups is 4. The van der Waals surface area contributed by atoms with Gasteiger partial charge in [-0.2, -0.15) is 20.0 Å². The number of rotatable bonds is 6. The topological polar surface area (TPSA) is 118 Å². The Labute approximate surface area is 153 Å². The molecule has 2 rings (SSSR count). The second-order valence-corrected chi connectivity index (χ2v) is 5.40. The Morgan fingerprint density at radius 2 is 0.889 bits per heavy atom. The van der Waals surface area contributed by atoms with Gasteiger partial charge in [0.25, 0.3) is 0 Å². The minimum atomic E-state index is 0.184. The smallest absolute Gasteiger partial charge is 0.211 e. The summed E-state index contributed by atoms with van der Waals surface area (Å²) in [6.07, 6.45) is 6.11. The molecule has 0 saturated carbocycles. The second kappa shape index (κ2) is 8.88. The van der Waals surface area contributed by atoms with Gasteiger partial charge in [0.15, 0.2) is 0 Å². The molecule has 0 fully saturated rings. The van der Waals surface area contributed by atoms with Crippen molar-refractivity contribution in [1.29, 1.82) is 0 Å². The molecule has 0 saturated heterocycles. The highest BCUT2D eigenvalue weighted by molar-refractivity contribution is 5.70. The van der Waals surface area contributed by atoms with Crippen molar-refractivity contribution in [3.63, 3.8) is 0 Å². The molecular weight excluding hydrogens is 348 g/mol. The maximum Gasteiger partial charge on any atom is 0.240 e. The zero-order valence-electron chi connectivity index (χ0n) is 14.4. The zero-order chi connectivity index (χ0) is 19.8. The van der Waals surface area contributed by atoms with Gasteiger partial charge in [-0.3, -0.25) is 0 Å². The Bertz CT molecular complexity index is 1010. The van der Waals surface area contributed by atoms with Crippen LogP contribution < -0.4 is 0 Å². The lowest BCUT2D eigenvalue weighted by Crippen LogP contribution is -1.97. The van der Waals surface area contributed by atoms with Crippen LogP contribution in [0.3, 0.4) is 0 Å². The molecule has 0 aromatic heterocycles. The lowest BCUT2D eigenvalue weighted by Gasteiger charge is -2.15. The molecule has 0 radical (unpaired) electrons. The molecule has 8 nitrogen and oxygen atoms in total. The van der Waals surface area contributed by atoms with E-state index in [1.807, 2.05) is 0 Å². The molecule has 132 valence electrons. The molecule has 0 heterocycles. The van der Waals surface area contributed by atoms with Crippen LogP contribution in [-0.4, -0.2) is 24.3 Å². The van der Waals surface area contributed by atoms with Crippen molar-refractivity contribution in [2.75, 3.05) is 0 Å². The van der Waals surface area contributed by atoms with Crippen LogP contribution in [0.4, 0.5) is 22.7 Å². The van der Waals surface area contributed by atoms with E-state index >= 15 is 0 Å². The first-order chi connectivity index (χ1) is 13.1. The summed E-state index contributed by atoms with van der Waals surface area (Å²) in [4.78, 5) is 57.5. The van der Waals surface area contributed by atoms with Crippen LogP contribution in [-0.2, 0) is 25.6 Å². The molecule has 0 aliphatic rings. The standard InChI is InChI=1S/C19H12N4O4/c1-12-14(18(22-10-26)5-3-16(12)20-8-24)7-15-13(2)17(21-9-25)4-6-19(15)23-11-27/h3-6H,7H2,1-2H3. The second-order valence-electron chi connectivity index (χ2n) is 5.40. The van der Waals surface area contributed by atoms with Crippen molar-refractivity contribution in [3.8, 4) is 0 Å². The van der Waals surface area contributed by atoms with Crippen LogP contribution in [0.25, 0.3) is 0 Å². The molecule has 0 amide bonds. The van der Waals surface area contributed by atoms with E-state index in [9.17, 15) is 19.2 Å². The third-order valence-electron chi connectivity index (χ3n) is 4.11. The Morgan fingerprint density at radius 3 is 1.22 bits per heavy atom. The van der Waals surface area contributed by atoms with Gasteiger partial charge in [-0.25, -0.2) is 19.2 Å². The van der Waals surface area contributed by atoms with Gasteiger partial charge < -0.3 is 0 Å². The Morgan fingerprint density at radius 1 is 0.593 bits per heavy atom. The number of isocyanates is 4. The van der Waals surface area contributed by atoms with E-state index in [0.29, 0.717) is 45.0 Å². The molecule has 2 aromatic carbocycles. The van der Waals surface area contributed by atoms with Gasteiger partial charge in [-0.1, -0.05) is 0 Å². The van der Waals surface area contributed by atoms with E-state index in [2.05, 4.69) is 20.0 Å². The van der Waals surface area contributed by atoms with Gasteiger partial charge in [0.05, 0.1) is 22.7 Å². The van der Waals surface area contributed by atoms with Crippen LogP contribution in [0.1, 0.15) is 22.3 Å². The van der Waals surface area contributed by atoms with Gasteiger partial charge in [0.1, 0.15) is 0 Å². The van der Waals surface area contributed by atoms with Crippen molar-refractivity contribution < 1.29 is 19.2 Å². The van der Waals surface area contributed by atoms with Gasteiger partial charge in [-0.15, -0.1) is 0 Å². The average molecular weight is 360 g/mol. The van der Waals surface area contributed by atoms with E-state index in [1.54, 1.807) is 13.8 Å². The molecule has 0 spiro atoms. The highest BCUT2D eigenvalue weighted by Gasteiger charge is 2.16. The first-order valence-corrected chi connectivity index (χ1v) is 7.63. The average Bonchev–Trinajstić information content (AvgIpc) is 2.65. The number of hydrogen-bond acceptors (Lipinski definition) is 8. The van der Waals surface area contributed by atoms with Gasteiger partial charge >= 0.3 is 0 Å². The maximum absolute atomic E-state index is 10.8. The van der Waals surface area contributed by atoms with Gasteiger partial charge in [0, 0.05) is 6.42 Å². The molecular formula is C19H12N4O4. The van der Waals surface area contributed by atoms with E-state index in [0.717, 1.165) is 0 Å². The number of nitrogens with zero attached hydrogens (tertiary/aromatic N) is 4. The molecule has 27 heavy (non-hydrogen) atoms. The molecule has 2 aromatic rings. The third-order valence-corrected chi connectivity index (χ3v) is 4.11. The largest absolute Gasteiger partial charge is 0.240 e. The molecule has 0 atom stereocenters. The SMILES string of the molecule is Cc1c(N=C=O)ccc(N=C=O)c1Cc1c(N=C=O)ccc(N=C=O)c1C.